The van der Waals surface area contributed by atoms with Crippen molar-refractivity contribution in [3.63, 3.8) is 0 Å². The molecule has 2 rings (SSSR count). The summed E-state index contributed by atoms with van der Waals surface area (Å²) in [6.07, 6.45) is 3.66. The first-order valence-electron chi connectivity index (χ1n) is 7.54. The molecule has 0 saturated carbocycles. The Morgan fingerprint density at radius 1 is 1.19 bits per heavy atom. The van der Waals surface area contributed by atoms with E-state index < -0.39 is 0 Å². The van der Waals surface area contributed by atoms with Crippen molar-refractivity contribution in [2.75, 3.05) is 13.2 Å². The molecule has 21 heavy (non-hydrogen) atoms. The van der Waals surface area contributed by atoms with Crippen LogP contribution < -0.4 is 5.73 Å². The molecule has 0 saturated heterocycles. The molecule has 1 aromatic heterocycles. The lowest BCUT2D eigenvalue weighted by Gasteiger charge is -2.13. The molecule has 0 fully saturated rings. The largest absolute Gasteiger partial charge is 0.366 e. The third kappa shape index (κ3) is 4.65. The van der Waals surface area contributed by atoms with Gasteiger partial charge in [-0.05, 0) is 31.9 Å². The minimum atomic E-state index is -0.266. The van der Waals surface area contributed by atoms with Crippen molar-refractivity contribution in [2.24, 2.45) is 5.73 Å². The lowest BCUT2D eigenvalue weighted by atomic mass is 10.1. The second-order valence-electron chi connectivity index (χ2n) is 4.89. The zero-order valence-corrected chi connectivity index (χ0v) is 12.5. The summed E-state index contributed by atoms with van der Waals surface area (Å²) in [5.74, 6) is 1.26. The Bertz CT molecular complexity index is 513. The van der Waals surface area contributed by atoms with Crippen LogP contribution >= 0.6 is 0 Å². The summed E-state index contributed by atoms with van der Waals surface area (Å²) < 4.78 is 11.1. The topological polar surface area (TPSA) is 74.2 Å². The van der Waals surface area contributed by atoms with Crippen LogP contribution in [0.4, 0.5) is 0 Å². The van der Waals surface area contributed by atoms with E-state index in [1.165, 1.54) is 0 Å². The number of aromatic nitrogens is 2. The molecule has 0 bridgehead atoms. The summed E-state index contributed by atoms with van der Waals surface area (Å²) in [5.41, 5.74) is 6.52. The Balaban J connectivity index is 2.02. The number of rotatable bonds is 9. The number of hydrogen-bond acceptors (Lipinski definition) is 5. The quantitative estimate of drug-likeness (QED) is 0.718. The number of aryl methyl sites for hydroxylation is 1. The van der Waals surface area contributed by atoms with Crippen molar-refractivity contribution in [1.29, 1.82) is 0 Å². The van der Waals surface area contributed by atoms with Crippen LogP contribution in [-0.4, -0.2) is 23.3 Å². The molecule has 0 aliphatic heterocycles. The highest BCUT2D eigenvalue weighted by molar-refractivity contribution is 5.22. The molecule has 2 N–H and O–H groups in total. The second-order valence-corrected chi connectivity index (χ2v) is 4.89. The van der Waals surface area contributed by atoms with E-state index in [0.717, 1.165) is 37.8 Å². The van der Waals surface area contributed by atoms with Crippen molar-refractivity contribution in [1.82, 2.24) is 10.1 Å². The van der Waals surface area contributed by atoms with E-state index >= 15 is 0 Å². The van der Waals surface area contributed by atoms with E-state index in [-0.39, 0.29) is 6.10 Å². The van der Waals surface area contributed by atoms with Crippen LogP contribution in [0, 0.1) is 0 Å². The van der Waals surface area contributed by atoms with Crippen LogP contribution in [0.1, 0.15) is 49.6 Å². The van der Waals surface area contributed by atoms with Crippen LogP contribution in [-0.2, 0) is 11.2 Å². The van der Waals surface area contributed by atoms with E-state index in [1.807, 2.05) is 37.3 Å². The van der Waals surface area contributed by atoms with E-state index in [9.17, 15) is 0 Å². The van der Waals surface area contributed by atoms with Crippen LogP contribution in [0.3, 0.4) is 0 Å². The summed E-state index contributed by atoms with van der Waals surface area (Å²) in [5, 5.41) is 4.07. The van der Waals surface area contributed by atoms with E-state index in [0.29, 0.717) is 18.3 Å². The highest BCUT2D eigenvalue weighted by Crippen LogP contribution is 2.23. The van der Waals surface area contributed by atoms with Crippen molar-refractivity contribution >= 4 is 0 Å². The number of nitrogens with zero attached hydrogens (tertiary/aromatic N) is 2. The Labute approximate surface area is 125 Å². The Morgan fingerprint density at radius 2 is 2.00 bits per heavy atom. The molecule has 5 nitrogen and oxygen atoms in total. The van der Waals surface area contributed by atoms with Gasteiger partial charge in [-0.3, -0.25) is 0 Å². The molecule has 0 radical (unpaired) electrons. The fourth-order valence-electron chi connectivity index (χ4n) is 2.19. The van der Waals surface area contributed by atoms with E-state index in [2.05, 4.69) is 10.1 Å². The predicted molar refractivity (Wildman–Crippen MR) is 80.8 cm³/mol. The van der Waals surface area contributed by atoms with Crippen molar-refractivity contribution < 1.29 is 9.26 Å². The molecule has 2 aromatic rings. The molecule has 0 aliphatic carbocycles. The van der Waals surface area contributed by atoms with Gasteiger partial charge in [0.1, 0.15) is 6.10 Å². The smallest absolute Gasteiger partial charge is 0.226 e. The highest BCUT2D eigenvalue weighted by Gasteiger charge is 2.20. The Kier molecular flexibility index (Phi) is 6.37. The molecular formula is C16H23N3O2. The van der Waals surface area contributed by atoms with Crippen molar-refractivity contribution in [3.05, 3.63) is 47.6 Å². The second kappa shape index (κ2) is 8.54. The first kappa shape index (κ1) is 15.7. The van der Waals surface area contributed by atoms with Crippen LogP contribution in [0.5, 0.6) is 0 Å². The third-order valence-electron chi connectivity index (χ3n) is 3.25. The van der Waals surface area contributed by atoms with Gasteiger partial charge in [0, 0.05) is 13.0 Å². The maximum atomic E-state index is 5.77. The summed E-state index contributed by atoms with van der Waals surface area (Å²) >= 11 is 0. The fraction of sp³-hybridized carbons (Fsp3) is 0.500. The zero-order valence-electron chi connectivity index (χ0n) is 12.5. The number of unbranched alkanes of at least 4 members (excludes halogenated alkanes) is 2. The van der Waals surface area contributed by atoms with Gasteiger partial charge in [-0.1, -0.05) is 41.9 Å². The lowest BCUT2D eigenvalue weighted by Crippen LogP contribution is -2.08. The Morgan fingerprint density at radius 3 is 2.71 bits per heavy atom. The minimum Gasteiger partial charge on any atom is -0.366 e. The van der Waals surface area contributed by atoms with Gasteiger partial charge in [0.05, 0.1) is 0 Å². The summed E-state index contributed by atoms with van der Waals surface area (Å²) in [4.78, 5) is 4.47. The fourth-order valence-corrected chi connectivity index (χ4v) is 2.19. The molecule has 1 atom stereocenters. The van der Waals surface area contributed by atoms with Crippen molar-refractivity contribution in [2.45, 2.75) is 38.7 Å². The van der Waals surface area contributed by atoms with Gasteiger partial charge in [0.15, 0.2) is 0 Å². The van der Waals surface area contributed by atoms with Gasteiger partial charge in [-0.15, -0.1) is 0 Å². The molecule has 5 heteroatoms. The average molecular weight is 289 g/mol. The maximum absolute atomic E-state index is 5.77. The zero-order chi connectivity index (χ0) is 14.9. The normalized spacial score (nSPS) is 12.5. The molecule has 0 aliphatic rings. The van der Waals surface area contributed by atoms with Gasteiger partial charge >= 0.3 is 0 Å². The molecule has 0 amide bonds. The van der Waals surface area contributed by atoms with Gasteiger partial charge in [-0.25, -0.2) is 0 Å². The summed E-state index contributed by atoms with van der Waals surface area (Å²) in [6, 6.07) is 9.96. The number of ether oxygens (including phenoxy) is 1. The number of hydrogen-bond donors (Lipinski definition) is 1. The van der Waals surface area contributed by atoms with Crippen molar-refractivity contribution in [3.8, 4) is 0 Å². The highest BCUT2D eigenvalue weighted by atomic mass is 16.5. The first-order valence-corrected chi connectivity index (χ1v) is 7.54. The molecular weight excluding hydrogens is 266 g/mol. The van der Waals surface area contributed by atoms with Crippen LogP contribution in [0.25, 0.3) is 0 Å². The minimum absolute atomic E-state index is 0.266. The predicted octanol–water partition coefficient (Wildman–Crippen LogP) is 2.87. The SMILES string of the molecule is CCOC(c1ccccc1)c1noc(CCCCCN)n1. The maximum Gasteiger partial charge on any atom is 0.226 e. The van der Waals surface area contributed by atoms with Gasteiger partial charge in [0.25, 0.3) is 0 Å². The van der Waals surface area contributed by atoms with Gasteiger partial charge in [0.2, 0.25) is 11.7 Å². The molecule has 1 unspecified atom stereocenters. The van der Waals surface area contributed by atoms with E-state index in [1.54, 1.807) is 0 Å². The lowest BCUT2D eigenvalue weighted by molar-refractivity contribution is 0.0833. The van der Waals surface area contributed by atoms with Crippen LogP contribution in [0.15, 0.2) is 34.9 Å². The summed E-state index contributed by atoms with van der Waals surface area (Å²) in [6.45, 7) is 3.29. The first-order chi connectivity index (χ1) is 10.3. The standard InChI is InChI=1S/C16H23N3O2/c1-2-20-15(13-9-5-3-6-10-13)16-18-14(21-19-16)11-7-4-8-12-17/h3,5-6,9-10,15H,2,4,7-8,11-12,17H2,1H3. The van der Waals surface area contributed by atoms with Gasteiger partial charge < -0.3 is 15.0 Å². The molecule has 114 valence electrons. The summed E-state index contributed by atoms with van der Waals surface area (Å²) in [7, 11) is 0. The van der Waals surface area contributed by atoms with Gasteiger partial charge in [-0.2, -0.15) is 4.98 Å². The molecule has 1 heterocycles. The number of benzene rings is 1. The molecule has 1 aromatic carbocycles. The van der Waals surface area contributed by atoms with E-state index in [4.69, 9.17) is 15.0 Å². The monoisotopic (exact) mass is 289 g/mol. The number of nitrogens with two attached hydrogens (primary N) is 1. The Hall–Kier alpha value is -1.72. The van der Waals surface area contributed by atoms with Crippen LogP contribution in [0.2, 0.25) is 0 Å². The average Bonchev–Trinajstić information content (AvgIpc) is 2.98. The molecule has 0 spiro atoms. The third-order valence-corrected chi connectivity index (χ3v) is 3.25.